The topological polar surface area (TPSA) is 62.0 Å². The molecule has 0 amide bonds. The standard InChI is InChI=1S/C16H20N2O2S/c1-17-10-13-4-2-3-12-9-14(5-6-16(12)13)21(19,20)15-7-8-18-11-15/h5-9,11,13,17-18H,2-4,10H2,1H3. The Morgan fingerprint density at radius 2 is 2.14 bits per heavy atom. The molecule has 1 heterocycles. The average Bonchev–Trinajstić information content (AvgIpc) is 3.02. The molecule has 0 saturated heterocycles. The molecule has 0 saturated carbocycles. The van der Waals surface area contributed by atoms with E-state index in [1.807, 2.05) is 19.2 Å². The molecule has 21 heavy (non-hydrogen) atoms. The van der Waals surface area contributed by atoms with Crippen LogP contribution in [0.5, 0.6) is 0 Å². The van der Waals surface area contributed by atoms with Gasteiger partial charge in [-0.15, -0.1) is 0 Å². The van der Waals surface area contributed by atoms with Crippen molar-refractivity contribution in [2.75, 3.05) is 13.6 Å². The number of aromatic nitrogens is 1. The first kappa shape index (κ1) is 14.4. The Morgan fingerprint density at radius 1 is 1.29 bits per heavy atom. The lowest BCUT2D eigenvalue weighted by molar-refractivity contribution is 0.527. The number of aryl methyl sites for hydroxylation is 1. The van der Waals surface area contributed by atoms with Gasteiger partial charge < -0.3 is 10.3 Å². The van der Waals surface area contributed by atoms with E-state index in [1.54, 1.807) is 18.3 Å². The summed E-state index contributed by atoms with van der Waals surface area (Å²) in [4.78, 5) is 3.52. The fourth-order valence-electron chi connectivity index (χ4n) is 3.13. The van der Waals surface area contributed by atoms with Crippen molar-refractivity contribution in [1.82, 2.24) is 10.3 Å². The van der Waals surface area contributed by atoms with Gasteiger partial charge in [-0.05, 0) is 61.6 Å². The predicted octanol–water partition coefficient (Wildman–Crippen LogP) is 2.49. The molecule has 1 aliphatic rings. The number of hydrogen-bond acceptors (Lipinski definition) is 3. The van der Waals surface area contributed by atoms with Crippen LogP contribution in [-0.4, -0.2) is 27.0 Å². The van der Waals surface area contributed by atoms with Crippen molar-refractivity contribution in [3.8, 4) is 0 Å². The van der Waals surface area contributed by atoms with Gasteiger partial charge in [0, 0.05) is 18.9 Å². The number of likely N-dealkylation sites (N-methyl/N-ethyl adjacent to an activating group) is 1. The molecule has 0 aliphatic heterocycles. The number of aromatic amines is 1. The van der Waals surface area contributed by atoms with Gasteiger partial charge in [-0.25, -0.2) is 8.42 Å². The summed E-state index contributed by atoms with van der Waals surface area (Å²) in [6.07, 6.45) is 6.41. The zero-order valence-corrected chi connectivity index (χ0v) is 12.9. The minimum absolute atomic E-state index is 0.324. The lowest BCUT2D eigenvalue weighted by Crippen LogP contribution is -2.21. The first-order valence-corrected chi connectivity index (χ1v) is 8.76. The normalized spacial score (nSPS) is 18.4. The van der Waals surface area contributed by atoms with Crippen LogP contribution in [0.2, 0.25) is 0 Å². The second-order valence-electron chi connectivity index (χ2n) is 5.56. The highest BCUT2D eigenvalue weighted by Crippen LogP contribution is 2.33. The molecule has 0 spiro atoms. The third-order valence-corrected chi connectivity index (χ3v) is 5.94. The number of rotatable bonds is 4. The third-order valence-electron chi connectivity index (χ3n) is 4.19. The van der Waals surface area contributed by atoms with Crippen molar-refractivity contribution in [3.63, 3.8) is 0 Å². The van der Waals surface area contributed by atoms with Crippen LogP contribution < -0.4 is 5.32 Å². The number of benzene rings is 1. The van der Waals surface area contributed by atoms with Gasteiger partial charge in [-0.1, -0.05) is 6.07 Å². The van der Waals surface area contributed by atoms with Crippen molar-refractivity contribution >= 4 is 9.84 Å². The number of fused-ring (bicyclic) bond motifs is 1. The second kappa shape index (κ2) is 5.66. The summed E-state index contributed by atoms with van der Waals surface area (Å²) in [6.45, 7) is 0.941. The monoisotopic (exact) mass is 304 g/mol. The molecule has 112 valence electrons. The van der Waals surface area contributed by atoms with E-state index in [-0.39, 0.29) is 0 Å². The van der Waals surface area contributed by atoms with E-state index in [4.69, 9.17) is 0 Å². The third kappa shape index (κ3) is 2.63. The maximum Gasteiger partial charge on any atom is 0.208 e. The van der Waals surface area contributed by atoms with Crippen LogP contribution in [0, 0.1) is 0 Å². The Morgan fingerprint density at radius 3 is 2.86 bits per heavy atom. The van der Waals surface area contributed by atoms with Gasteiger partial charge in [0.05, 0.1) is 9.79 Å². The second-order valence-corrected chi connectivity index (χ2v) is 7.51. The molecule has 0 fully saturated rings. The van der Waals surface area contributed by atoms with Gasteiger partial charge in [0.15, 0.2) is 0 Å². The minimum atomic E-state index is -3.41. The van der Waals surface area contributed by atoms with E-state index in [0.29, 0.717) is 15.7 Å². The Balaban J connectivity index is 2.00. The average molecular weight is 304 g/mol. The number of sulfone groups is 1. The van der Waals surface area contributed by atoms with E-state index >= 15 is 0 Å². The molecule has 2 N–H and O–H groups in total. The number of hydrogen-bond donors (Lipinski definition) is 2. The van der Waals surface area contributed by atoms with Crippen LogP contribution in [0.15, 0.2) is 46.5 Å². The molecule has 1 aromatic heterocycles. The molecule has 5 heteroatoms. The van der Waals surface area contributed by atoms with Crippen LogP contribution in [0.4, 0.5) is 0 Å². The summed E-state index contributed by atoms with van der Waals surface area (Å²) < 4.78 is 25.1. The smallest absolute Gasteiger partial charge is 0.208 e. The molecule has 4 nitrogen and oxygen atoms in total. The lowest BCUT2D eigenvalue weighted by Gasteiger charge is -2.25. The van der Waals surface area contributed by atoms with Gasteiger partial charge in [-0.3, -0.25) is 0 Å². The molecule has 1 aliphatic carbocycles. The van der Waals surface area contributed by atoms with Crippen molar-refractivity contribution in [1.29, 1.82) is 0 Å². The maximum atomic E-state index is 12.6. The molecule has 1 unspecified atom stereocenters. The maximum absolute atomic E-state index is 12.6. The van der Waals surface area contributed by atoms with Crippen molar-refractivity contribution in [2.24, 2.45) is 0 Å². The zero-order chi connectivity index (χ0) is 14.9. The van der Waals surface area contributed by atoms with Gasteiger partial charge in [0.2, 0.25) is 9.84 Å². The summed E-state index contributed by atoms with van der Waals surface area (Å²) in [5, 5.41) is 3.22. The van der Waals surface area contributed by atoms with Gasteiger partial charge in [0.25, 0.3) is 0 Å². The van der Waals surface area contributed by atoms with Crippen molar-refractivity contribution in [2.45, 2.75) is 35.0 Å². The zero-order valence-electron chi connectivity index (χ0n) is 12.1. The van der Waals surface area contributed by atoms with Crippen molar-refractivity contribution in [3.05, 3.63) is 47.8 Å². The highest BCUT2D eigenvalue weighted by Gasteiger charge is 2.23. The molecule has 1 atom stereocenters. The summed E-state index contributed by atoms with van der Waals surface area (Å²) in [7, 11) is -1.45. The van der Waals surface area contributed by atoms with Crippen LogP contribution >= 0.6 is 0 Å². The largest absolute Gasteiger partial charge is 0.366 e. The Hall–Kier alpha value is -1.59. The highest BCUT2D eigenvalue weighted by atomic mass is 32.2. The molecule has 0 radical (unpaired) electrons. The first-order chi connectivity index (χ1) is 10.1. The summed E-state index contributed by atoms with van der Waals surface area (Å²) in [6, 6.07) is 7.20. The fourth-order valence-corrected chi connectivity index (χ4v) is 4.42. The van der Waals surface area contributed by atoms with E-state index in [0.717, 1.165) is 25.8 Å². The molecular formula is C16H20N2O2S. The van der Waals surface area contributed by atoms with Gasteiger partial charge >= 0.3 is 0 Å². The Labute approximate surface area is 125 Å². The minimum Gasteiger partial charge on any atom is -0.366 e. The number of nitrogens with one attached hydrogen (secondary N) is 2. The van der Waals surface area contributed by atoms with E-state index < -0.39 is 9.84 Å². The van der Waals surface area contributed by atoms with Crippen molar-refractivity contribution < 1.29 is 8.42 Å². The fraction of sp³-hybridized carbons (Fsp3) is 0.375. The molecule has 1 aromatic carbocycles. The van der Waals surface area contributed by atoms with E-state index in [1.165, 1.54) is 17.3 Å². The van der Waals surface area contributed by atoms with Gasteiger partial charge in [-0.2, -0.15) is 0 Å². The molecular weight excluding hydrogens is 284 g/mol. The SMILES string of the molecule is CNCC1CCCc2cc(S(=O)(=O)c3cc[nH]c3)ccc21. The summed E-state index contributed by atoms with van der Waals surface area (Å²) in [5.74, 6) is 0.489. The summed E-state index contributed by atoms with van der Waals surface area (Å²) in [5.41, 5.74) is 2.47. The number of H-pyrrole nitrogens is 1. The molecule has 0 bridgehead atoms. The highest BCUT2D eigenvalue weighted by molar-refractivity contribution is 7.91. The predicted molar refractivity (Wildman–Crippen MR) is 82.3 cm³/mol. The van der Waals surface area contributed by atoms with Crippen LogP contribution in [0.25, 0.3) is 0 Å². The van der Waals surface area contributed by atoms with Crippen LogP contribution in [0.3, 0.4) is 0 Å². The lowest BCUT2D eigenvalue weighted by atomic mass is 9.83. The first-order valence-electron chi connectivity index (χ1n) is 7.28. The van der Waals surface area contributed by atoms with E-state index in [9.17, 15) is 8.42 Å². The Bertz CT molecular complexity index is 721. The van der Waals surface area contributed by atoms with Crippen LogP contribution in [-0.2, 0) is 16.3 Å². The quantitative estimate of drug-likeness (QED) is 0.912. The van der Waals surface area contributed by atoms with Gasteiger partial charge in [0.1, 0.15) is 0 Å². The van der Waals surface area contributed by atoms with E-state index in [2.05, 4.69) is 10.3 Å². The molecule has 2 aromatic rings. The molecule has 3 rings (SSSR count). The Kier molecular flexibility index (Phi) is 3.87. The summed E-state index contributed by atoms with van der Waals surface area (Å²) >= 11 is 0. The van der Waals surface area contributed by atoms with Crippen LogP contribution in [0.1, 0.15) is 29.9 Å².